The lowest BCUT2D eigenvalue weighted by Crippen LogP contribution is -2.08. The average Bonchev–Trinajstić information content (AvgIpc) is 2.79. The van der Waals surface area contributed by atoms with Crippen LogP contribution in [0.1, 0.15) is 30.7 Å². The molecule has 3 rings (SSSR count). The van der Waals surface area contributed by atoms with Gasteiger partial charge in [0.25, 0.3) is 0 Å². The van der Waals surface area contributed by atoms with E-state index in [1.165, 1.54) is 22.2 Å². The number of halogens is 2. The molecule has 1 aromatic carbocycles. The summed E-state index contributed by atoms with van der Waals surface area (Å²) in [6.07, 6.45) is 1.83. The lowest BCUT2D eigenvalue weighted by atomic mass is 10.2. The minimum atomic E-state index is 0. The molecule has 0 saturated carbocycles. The van der Waals surface area contributed by atoms with Crippen LogP contribution in [0.5, 0.6) is 5.88 Å². The molecule has 0 unspecified atom stereocenters. The van der Waals surface area contributed by atoms with Crippen LogP contribution < -0.4 is 4.74 Å². The summed E-state index contributed by atoms with van der Waals surface area (Å²) in [6.45, 7) is 9.99. The third kappa shape index (κ3) is 4.10. The van der Waals surface area contributed by atoms with E-state index in [1.54, 1.807) is 0 Å². The first-order valence-corrected chi connectivity index (χ1v) is 8.66. The van der Waals surface area contributed by atoms with Crippen molar-refractivity contribution in [3.8, 4) is 5.88 Å². The Balaban J connectivity index is 0.00000225. The zero-order chi connectivity index (χ0) is 17.3. The molecule has 25 heavy (non-hydrogen) atoms. The highest BCUT2D eigenvalue weighted by Gasteiger charge is 2.16. The second-order valence-electron chi connectivity index (χ2n) is 6.64. The minimum Gasteiger partial charge on any atom is -0.476 e. The van der Waals surface area contributed by atoms with E-state index in [2.05, 4.69) is 49.4 Å². The van der Waals surface area contributed by atoms with Crippen molar-refractivity contribution in [2.45, 2.75) is 34.2 Å². The van der Waals surface area contributed by atoms with Gasteiger partial charge < -0.3 is 9.30 Å². The van der Waals surface area contributed by atoms with Crippen LogP contribution in [0, 0.1) is 19.8 Å². The molecule has 0 amide bonds. The molecule has 2 heterocycles. The maximum Gasteiger partial charge on any atom is 0.238 e. The van der Waals surface area contributed by atoms with E-state index in [0.29, 0.717) is 18.4 Å². The Hall–Kier alpha value is -1.71. The van der Waals surface area contributed by atoms with E-state index in [1.807, 2.05) is 24.4 Å². The molecular weight excluding hydrogens is 355 g/mol. The summed E-state index contributed by atoms with van der Waals surface area (Å²) in [5.41, 5.74) is 4.73. The summed E-state index contributed by atoms with van der Waals surface area (Å²) in [4.78, 5) is 4.48. The van der Waals surface area contributed by atoms with Crippen molar-refractivity contribution < 1.29 is 4.74 Å². The van der Waals surface area contributed by atoms with E-state index >= 15 is 0 Å². The molecular formula is C20H24Cl2N2O. The highest BCUT2D eigenvalue weighted by molar-refractivity contribution is 6.30. The minimum absolute atomic E-state index is 0. The van der Waals surface area contributed by atoms with Gasteiger partial charge in [-0.15, -0.1) is 12.4 Å². The van der Waals surface area contributed by atoms with Crippen molar-refractivity contribution >= 4 is 34.9 Å². The Bertz CT molecular complexity index is 872. The number of aromatic nitrogens is 2. The molecule has 134 valence electrons. The lowest BCUT2D eigenvalue weighted by molar-refractivity contribution is 0.263. The molecule has 0 N–H and O–H groups in total. The van der Waals surface area contributed by atoms with E-state index in [9.17, 15) is 0 Å². The number of rotatable bonds is 5. The highest BCUT2D eigenvalue weighted by atomic mass is 35.5. The van der Waals surface area contributed by atoms with Crippen molar-refractivity contribution in [2.24, 2.45) is 5.92 Å². The lowest BCUT2D eigenvalue weighted by Gasteiger charge is -2.13. The quantitative estimate of drug-likeness (QED) is 0.559. The average molecular weight is 379 g/mol. The van der Waals surface area contributed by atoms with E-state index in [-0.39, 0.29) is 12.4 Å². The molecule has 0 bridgehead atoms. The van der Waals surface area contributed by atoms with Crippen molar-refractivity contribution in [3.05, 3.63) is 58.4 Å². The Morgan fingerprint density at radius 3 is 2.64 bits per heavy atom. The number of fused-ring (bicyclic) bond motifs is 1. The van der Waals surface area contributed by atoms with Crippen LogP contribution in [0.4, 0.5) is 0 Å². The largest absolute Gasteiger partial charge is 0.476 e. The third-order valence-electron chi connectivity index (χ3n) is 4.30. The Morgan fingerprint density at radius 1 is 1.20 bits per heavy atom. The maximum absolute atomic E-state index is 6.14. The number of ether oxygens (including phenoxy) is 1. The van der Waals surface area contributed by atoms with Crippen LogP contribution in [0.25, 0.3) is 10.9 Å². The van der Waals surface area contributed by atoms with Gasteiger partial charge in [-0.3, -0.25) is 0 Å². The topological polar surface area (TPSA) is 27.1 Å². The van der Waals surface area contributed by atoms with Crippen molar-refractivity contribution in [2.75, 3.05) is 6.61 Å². The number of nitrogens with zero attached hydrogens (tertiary/aromatic N) is 2. The van der Waals surface area contributed by atoms with Crippen molar-refractivity contribution in [3.63, 3.8) is 0 Å². The molecule has 0 radical (unpaired) electrons. The molecule has 0 aliphatic carbocycles. The summed E-state index contributed by atoms with van der Waals surface area (Å²) in [5, 5.41) is 1.95. The van der Waals surface area contributed by atoms with Crippen LogP contribution in [0.2, 0.25) is 5.02 Å². The Labute approximate surface area is 160 Å². The Kier molecular flexibility index (Phi) is 6.36. The summed E-state index contributed by atoms with van der Waals surface area (Å²) < 4.78 is 8.27. The van der Waals surface area contributed by atoms with Crippen LogP contribution in [-0.4, -0.2) is 16.2 Å². The molecule has 0 aliphatic rings. The van der Waals surface area contributed by atoms with Crippen molar-refractivity contribution in [1.82, 2.24) is 9.55 Å². The Morgan fingerprint density at radius 2 is 1.96 bits per heavy atom. The standard InChI is InChI=1S/C20H23ClN2O.ClH/c1-13(2)12-24-20-19-18(8-9-22-20)14(3)15(4)23(19)11-16-6-5-7-17(21)10-16;/h5-10,13H,11-12H2,1-4H3;1H. The first-order valence-electron chi connectivity index (χ1n) is 8.29. The molecule has 0 fully saturated rings. The van der Waals surface area contributed by atoms with Gasteiger partial charge in [0.05, 0.1) is 6.61 Å². The fraction of sp³-hybridized carbons (Fsp3) is 0.350. The molecule has 3 nitrogen and oxygen atoms in total. The van der Waals surface area contributed by atoms with Crippen molar-refractivity contribution in [1.29, 1.82) is 0 Å². The van der Waals surface area contributed by atoms with Gasteiger partial charge in [0.15, 0.2) is 0 Å². The molecule has 0 spiro atoms. The van der Waals surface area contributed by atoms with Crippen LogP contribution in [0.3, 0.4) is 0 Å². The zero-order valence-electron chi connectivity index (χ0n) is 15.0. The number of benzene rings is 1. The van der Waals surface area contributed by atoms with Crippen LogP contribution in [0.15, 0.2) is 36.5 Å². The predicted octanol–water partition coefficient (Wildman–Crippen LogP) is 5.81. The van der Waals surface area contributed by atoms with Gasteiger partial charge in [-0.25, -0.2) is 4.98 Å². The smallest absolute Gasteiger partial charge is 0.238 e. The van der Waals surface area contributed by atoms with Gasteiger partial charge in [-0.2, -0.15) is 0 Å². The van der Waals surface area contributed by atoms with Gasteiger partial charge in [-0.1, -0.05) is 37.6 Å². The van der Waals surface area contributed by atoms with Crippen LogP contribution in [-0.2, 0) is 6.54 Å². The second kappa shape index (κ2) is 8.11. The second-order valence-corrected chi connectivity index (χ2v) is 7.08. The summed E-state index contributed by atoms with van der Waals surface area (Å²) >= 11 is 6.14. The number of pyridine rings is 1. The van der Waals surface area contributed by atoms with Gasteiger partial charge in [0, 0.05) is 28.8 Å². The summed E-state index contributed by atoms with van der Waals surface area (Å²) in [6, 6.07) is 10.1. The molecule has 0 aliphatic heterocycles. The predicted molar refractivity (Wildman–Crippen MR) is 107 cm³/mol. The van der Waals surface area contributed by atoms with Gasteiger partial charge in [0.1, 0.15) is 5.52 Å². The highest BCUT2D eigenvalue weighted by Crippen LogP contribution is 2.32. The monoisotopic (exact) mass is 378 g/mol. The molecule has 5 heteroatoms. The number of hydrogen-bond donors (Lipinski definition) is 0. The van der Waals surface area contributed by atoms with E-state index in [4.69, 9.17) is 16.3 Å². The number of hydrogen-bond acceptors (Lipinski definition) is 2. The maximum atomic E-state index is 6.14. The SMILES string of the molecule is Cc1c(C)n(Cc2cccc(Cl)c2)c2c(OCC(C)C)nccc12.Cl. The normalized spacial score (nSPS) is 11.0. The van der Waals surface area contributed by atoms with Gasteiger partial charge in [-0.05, 0) is 49.1 Å². The molecule has 0 saturated heterocycles. The third-order valence-corrected chi connectivity index (χ3v) is 4.53. The van der Waals surface area contributed by atoms with Gasteiger partial charge in [0.2, 0.25) is 5.88 Å². The first-order chi connectivity index (χ1) is 11.5. The van der Waals surface area contributed by atoms with Crippen LogP contribution >= 0.6 is 24.0 Å². The fourth-order valence-electron chi connectivity index (χ4n) is 2.93. The first kappa shape index (κ1) is 19.6. The van der Waals surface area contributed by atoms with E-state index < -0.39 is 0 Å². The summed E-state index contributed by atoms with van der Waals surface area (Å²) in [7, 11) is 0. The fourth-order valence-corrected chi connectivity index (χ4v) is 3.14. The molecule has 3 aromatic rings. The van der Waals surface area contributed by atoms with E-state index in [0.717, 1.165) is 17.1 Å². The zero-order valence-corrected chi connectivity index (χ0v) is 16.6. The molecule has 2 aromatic heterocycles. The van der Waals surface area contributed by atoms with Gasteiger partial charge >= 0.3 is 0 Å². The number of aryl methyl sites for hydroxylation is 1. The molecule has 0 atom stereocenters. The summed E-state index contributed by atoms with van der Waals surface area (Å²) in [5.74, 6) is 1.17.